The van der Waals surface area contributed by atoms with E-state index in [2.05, 4.69) is 32.3 Å². The lowest BCUT2D eigenvalue weighted by atomic mass is 10.0. The number of amides is 1. The molecule has 128 valence electrons. The molecule has 1 N–H and O–H groups in total. The number of nitrogens with zero attached hydrogens (tertiary/aromatic N) is 5. The quantitative estimate of drug-likeness (QED) is 0.761. The van der Waals surface area contributed by atoms with Gasteiger partial charge in [-0.2, -0.15) is 10.3 Å². The molecule has 1 saturated heterocycles. The largest absolute Gasteiger partial charge is 0.334 e. The van der Waals surface area contributed by atoms with Crippen LogP contribution >= 0.6 is 11.6 Å². The molecule has 0 radical (unpaired) electrons. The number of pyridine rings is 1. The van der Waals surface area contributed by atoms with Crippen molar-refractivity contribution in [1.29, 1.82) is 0 Å². The number of benzene rings is 1. The van der Waals surface area contributed by atoms with Crippen LogP contribution in [0.2, 0.25) is 5.02 Å². The summed E-state index contributed by atoms with van der Waals surface area (Å²) in [6.45, 7) is 1.99. The molecule has 25 heavy (non-hydrogen) atoms. The topological polar surface area (TPSA) is 78.0 Å². The Morgan fingerprint density at radius 3 is 2.88 bits per heavy atom. The number of hydrogen-bond donors (Lipinski definition) is 1. The van der Waals surface area contributed by atoms with E-state index in [9.17, 15) is 4.79 Å². The average molecular weight is 357 g/mol. The lowest BCUT2D eigenvalue weighted by molar-refractivity contribution is 0.0541. The lowest BCUT2D eigenvalue weighted by Gasteiger charge is -2.39. The molecule has 1 amide bonds. The van der Waals surface area contributed by atoms with Crippen LogP contribution < -0.4 is 0 Å². The molecule has 1 aliphatic heterocycles. The van der Waals surface area contributed by atoms with Gasteiger partial charge < -0.3 is 4.90 Å². The zero-order valence-corrected chi connectivity index (χ0v) is 14.4. The average Bonchev–Trinajstić information content (AvgIpc) is 3.10. The summed E-state index contributed by atoms with van der Waals surface area (Å²) in [7, 11) is 2.05. The van der Waals surface area contributed by atoms with E-state index in [0.29, 0.717) is 29.9 Å². The van der Waals surface area contributed by atoms with Crippen LogP contribution in [-0.4, -0.2) is 62.8 Å². The first-order valence-electron chi connectivity index (χ1n) is 8.05. The van der Waals surface area contributed by atoms with Crippen molar-refractivity contribution in [3.05, 3.63) is 52.7 Å². The molecule has 3 aromatic rings. The van der Waals surface area contributed by atoms with Crippen LogP contribution in [0.25, 0.3) is 11.2 Å². The van der Waals surface area contributed by atoms with E-state index >= 15 is 0 Å². The second-order valence-corrected chi connectivity index (χ2v) is 6.54. The molecule has 1 aromatic carbocycles. The summed E-state index contributed by atoms with van der Waals surface area (Å²) in [5.41, 5.74) is 2.50. The first-order valence-corrected chi connectivity index (χ1v) is 8.43. The van der Waals surface area contributed by atoms with Crippen molar-refractivity contribution >= 4 is 28.7 Å². The first-order chi connectivity index (χ1) is 12.1. The molecule has 3 heterocycles. The minimum atomic E-state index is -0.102. The molecule has 1 aliphatic rings. The SMILES string of the molecule is CN1CCN(C(=O)c2ccc3n[nH]nc3n2)C[C@H]1c1ccccc1Cl. The highest BCUT2D eigenvalue weighted by Gasteiger charge is 2.30. The van der Waals surface area contributed by atoms with E-state index in [4.69, 9.17) is 11.6 Å². The van der Waals surface area contributed by atoms with Gasteiger partial charge in [0.15, 0.2) is 0 Å². The number of carbonyl (C=O) groups excluding carboxylic acids is 1. The molecule has 0 saturated carbocycles. The van der Waals surface area contributed by atoms with Crippen molar-refractivity contribution in [3.63, 3.8) is 0 Å². The molecule has 4 rings (SSSR count). The van der Waals surface area contributed by atoms with Crippen LogP contribution in [0, 0.1) is 0 Å². The van der Waals surface area contributed by atoms with Gasteiger partial charge in [0.1, 0.15) is 11.2 Å². The van der Waals surface area contributed by atoms with Crippen molar-refractivity contribution in [2.45, 2.75) is 6.04 Å². The highest BCUT2D eigenvalue weighted by Crippen LogP contribution is 2.30. The van der Waals surface area contributed by atoms with Gasteiger partial charge in [0.25, 0.3) is 5.91 Å². The van der Waals surface area contributed by atoms with Crippen LogP contribution in [-0.2, 0) is 0 Å². The molecular weight excluding hydrogens is 340 g/mol. The monoisotopic (exact) mass is 356 g/mol. The van der Waals surface area contributed by atoms with E-state index in [1.807, 2.05) is 29.2 Å². The molecule has 0 aliphatic carbocycles. The number of likely N-dealkylation sites (N-methyl/N-ethyl adjacent to an activating group) is 1. The Labute approximate surface area is 149 Å². The van der Waals surface area contributed by atoms with Crippen LogP contribution in [0.3, 0.4) is 0 Å². The van der Waals surface area contributed by atoms with Gasteiger partial charge in [-0.3, -0.25) is 9.69 Å². The van der Waals surface area contributed by atoms with Gasteiger partial charge >= 0.3 is 0 Å². The minimum Gasteiger partial charge on any atom is -0.334 e. The van der Waals surface area contributed by atoms with Gasteiger partial charge in [0.05, 0.1) is 6.04 Å². The van der Waals surface area contributed by atoms with Crippen molar-refractivity contribution in [1.82, 2.24) is 30.2 Å². The third-order valence-electron chi connectivity index (χ3n) is 4.60. The third-order valence-corrected chi connectivity index (χ3v) is 4.94. The van der Waals surface area contributed by atoms with Gasteiger partial charge in [-0.05, 0) is 30.8 Å². The number of aromatic amines is 1. The van der Waals surface area contributed by atoms with E-state index in [0.717, 1.165) is 17.1 Å². The molecule has 8 heteroatoms. The summed E-state index contributed by atoms with van der Waals surface area (Å²) in [5, 5.41) is 11.1. The maximum atomic E-state index is 12.9. The van der Waals surface area contributed by atoms with E-state index in [1.165, 1.54) is 0 Å². The number of piperazine rings is 1. The summed E-state index contributed by atoms with van der Waals surface area (Å²) in [6.07, 6.45) is 0. The van der Waals surface area contributed by atoms with Gasteiger partial charge in [-0.1, -0.05) is 29.8 Å². The maximum Gasteiger partial charge on any atom is 0.272 e. The summed E-state index contributed by atoms with van der Waals surface area (Å²) in [5.74, 6) is -0.102. The Morgan fingerprint density at radius 2 is 2.04 bits per heavy atom. The number of carbonyl (C=O) groups is 1. The predicted molar refractivity (Wildman–Crippen MR) is 94.4 cm³/mol. The van der Waals surface area contributed by atoms with Crippen molar-refractivity contribution in [2.24, 2.45) is 0 Å². The predicted octanol–water partition coefficient (Wildman–Crippen LogP) is 2.14. The number of aromatic nitrogens is 4. The van der Waals surface area contributed by atoms with Gasteiger partial charge in [0, 0.05) is 24.7 Å². The second kappa shape index (κ2) is 6.42. The normalized spacial score (nSPS) is 18.6. The number of halogens is 1. The number of hydrogen-bond acceptors (Lipinski definition) is 5. The zero-order valence-electron chi connectivity index (χ0n) is 13.7. The third kappa shape index (κ3) is 2.96. The Balaban J connectivity index is 1.60. The molecule has 7 nitrogen and oxygen atoms in total. The fraction of sp³-hybridized carbons (Fsp3) is 0.294. The van der Waals surface area contributed by atoms with Gasteiger partial charge in [0.2, 0.25) is 5.65 Å². The first kappa shape index (κ1) is 16.0. The molecule has 1 atom stereocenters. The number of nitrogens with one attached hydrogen (secondary N) is 1. The number of fused-ring (bicyclic) bond motifs is 1. The fourth-order valence-electron chi connectivity index (χ4n) is 3.16. The van der Waals surface area contributed by atoms with Crippen molar-refractivity contribution in [3.8, 4) is 0 Å². The molecular formula is C17H17ClN6O. The highest BCUT2D eigenvalue weighted by atomic mass is 35.5. The van der Waals surface area contributed by atoms with Crippen molar-refractivity contribution < 1.29 is 4.79 Å². The van der Waals surface area contributed by atoms with Crippen LogP contribution in [0.5, 0.6) is 0 Å². The Morgan fingerprint density at radius 1 is 1.20 bits per heavy atom. The second-order valence-electron chi connectivity index (χ2n) is 6.13. The highest BCUT2D eigenvalue weighted by molar-refractivity contribution is 6.31. The van der Waals surface area contributed by atoms with Crippen LogP contribution in [0.4, 0.5) is 0 Å². The summed E-state index contributed by atoms with van der Waals surface area (Å²) in [4.78, 5) is 21.2. The fourth-order valence-corrected chi connectivity index (χ4v) is 3.42. The van der Waals surface area contributed by atoms with Gasteiger partial charge in [-0.25, -0.2) is 4.98 Å². The Hall–Kier alpha value is -2.51. The van der Waals surface area contributed by atoms with Crippen LogP contribution in [0.15, 0.2) is 36.4 Å². The molecule has 1 fully saturated rings. The maximum absolute atomic E-state index is 12.9. The smallest absolute Gasteiger partial charge is 0.272 e. The molecule has 0 spiro atoms. The summed E-state index contributed by atoms with van der Waals surface area (Å²) in [6, 6.07) is 11.3. The minimum absolute atomic E-state index is 0.0576. The summed E-state index contributed by atoms with van der Waals surface area (Å²) < 4.78 is 0. The number of H-pyrrole nitrogens is 1. The van der Waals surface area contributed by atoms with E-state index < -0.39 is 0 Å². The van der Waals surface area contributed by atoms with E-state index in [1.54, 1.807) is 12.1 Å². The Kier molecular flexibility index (Phi) is 4.10. The molecule has 2 aromatic heterocycles. The Bertz CT molecular complexity index is 926. The standard InChI is InChI=1S/C17H17ClN6O/c1-23-8-9-24(10-15(23)11-4-2-3-5-12(11)18)17(25)14-7-6-13-16(19-14)21-22-20-13/h2-7,15H,8-10H2,1H3,(H,19,20,21,22)/t15-/m0/s1. The summed E-state index contributed by atoms with van der Waals surface area (Å²) >= 11 is 6.36. The molecule has 0 bridgehead atoms. The zero-order chi connectivity index (χ0) is 17.4. The van der Waals surface area contributed by atoms with Crippen LogP contribution in [0.1, 0.15) is 22.1 Å². The number of rotatable bonds is 2. The van der Waals surface area contributed by atoms with Gasteiger partial charge in [-0.15, -0.1) is 5.10 Å². The lowest BCUT2D eigenvalue weighted by Crippen LogP contribution is -2.49. The van der Waals surface area contributed by atoms with Crippen molar-refractivity contribution in [2.75, 3.05) is 26.7 Å². The van der Waals surface area contributed by atoms with E-state index in [-0.39, 0.29) is 11.9 Å². The molecule has 0 unspecified atom stereocenters.